The maximum atomic E-state index is 13.2. The van der Waals surface area contributed by atoms with E-state index in [1.54, 1.807) is 24.3 Å². The summed E-state index contributed by atoms with van der Waals surface area (Å²) in [5.41, 5.74) is 4.13. The van der Waals surface area contributed by atoms with E-state index in [2.05, 4.69) is 5.32 Å². The fraction of sp³-hybridized carbons (Fsp3) is 0.231. The minimum atomic E-state index is -1.56. The molecule has 1 amide bonds. The number of carbonyl (C=O) groups excluding carboxylic acids is 1. The minimum absolute atomic E-state index is 0. The highest BCUT2D eigenvalue weighted by atomic mass is 16.7. The van der Waals surface area contributed by atoms with E-state index in [-0.39, 0.29) is 14.1 Å². The molecule has 3 aromatic rings. The van der Waals surface area contributed by atoms with Crippen molar-refractivity contribution in [3.63, 3.8) is 0 Å². The zero-order chi connectivity index (χ0) is 23.2. The number of hydrogen-bond acceptors (Lipinski definition) is 5. The molecule has 1 aliphatic carbocycles. The molecule has 0 bridgehead atoms. The molecule has 0 spiro atoms. The molecule has 0 aromatic heterocycles. The number of amides is 1. The molecule has 7 nitrogen and oxygen atoms in total. The number of aliphatic hydroxyl groups is 1. The van der Waals surface area contributed by atoms with Crippen LogP contribution in [-0.4, -0.2) is 28.9 Å². The second-order valence-corrected chi connectivity index (χ2v) is 8.50. The van der Waals surface area contributed by atoms with E-state index >= 15 is 0 Å². The third-order valence-electron chi connectivity index (χ3n) is 6.38. The van der Waals surface area contributed by atoms with Crippen LogP contribution >= 0.6 is 0 Å². The number of aryl methyl sites for hydroxylation is 1. The maximum Gasteiger partial charge on any atom is 0.337 e. The van der Waals surface area contributed by atoms with Crippen molar-refractivity contribution in [3.8, 4) is 22.6 Å². The van der Waals surface area contributed by atoms with Crippen LogP contribution in [0.25, 0.3) is 11.1 Å². The predicted molar refractivity (Wildman–Crippen MR) is 123 cm³/mol. The van der Waals surface area contributed by atoms with Gasteiger partial charge in [0.15, 0.2) is 17.6 Å². The van der Waals surface area contributed by atoms with Gasteiger partial charge in [0, 0.05) is 7.11 Å². The molecule has 3 N–H and O–H groups in total. The Bertz CT molecular complexity index is 1250. The van der Waals surface area contributed by atoms with Gasteiger partial charge in [-0.1, -0.05) is 36.4 Å². The van der Waals surface area contributed by atoms with Gasteiger partial charge in [0.2, 0.25) is 12.7 Å². The predicted octanol–water partition coefficient (Wildman–Crippen LogP) is 4.43. The van der Waals surface area contributed by atoms with Gasteiger partial charge in [-0.15, -0.1) is 0 Å². The summed E-state index contributed by atoms with van der Waals surface area (Å²) in [7, 11) is 0. The van der Waals surface area contributed by atoms with Crippen molar-refractivity contribution >= 4 is 17.6 Å². The largest absolute Gasteiger partial charge is 0.479 e. The number of carbonyl (C=O) groups is 2. The van der Waals surface area contributed by atoms with Gasteiger partial charge < -0.3 is 25.0 Å². The molecule has 1 unspecified atom stereocenters. The molecule has 3 aromatic carbocycles. The molecule has 1 aliphatic heterocycles. The molecule has 0 saturated heterocycles. The summed E-state index contributed by atoms with van der Waals surface area (Å²) >= 11 is 0. The highest BCUT2D eigenvalue weighted by Crippen LogP contribution is 2.51. The van der Waals surface area contributed by atoms with Crippen LogP contribution in [0.5, 0.6) is 11.5 Å². The summed E-state index contributed by atoms with van der Waals surface area (Å²) in [5, 5.41) is 21.8. The topological polar surface area (TPSA) is 105 Å². The van der Waals surface area contributed by atoms with E-state index in [0.717, 1.165) is 35.1 Å². The number of fused-ring (bicyclic) bond motifs is 1. The lowest BCUT2D eigenvalue weighted by Crippen LogP contribution is -2.27. The van der Waals surface area contributed by atoms with Crippen LogP contribution in [0.4, 0.5) is 5.69 Å². The molecular weight excluding hydrogens is 422 g/mol. The van der Waals surface area contributed by atoms with Crippen molar-refractivity contribution in [2.75, 3.05) is 12.1 Å². The van der Waals surface area contributed by atoms with Crippen LogP contribution in [0.1, 0.15) is 37.1 Å². The van der Waals surface area contributed by atoms with E-state index < -0.39 is 17.5 Å². The maximum absolute atomic E-state index is 13.2. The number of nitrogens with one attached hydrogen (secondary N) is 1. The Kier molecular flexibility index (Phi) is 5.06. The van der Waals surface area contributed by atoms with Crippen molar-refractivity contribution in [3.05, 3.63) is 77.4 Å². The molecule has 0 radical (unpaired) electrons. The van der Waals surface area contributed by atoms with Gasteiger partial charge in [0.1, 0.15) is 0 Å². The lowest BCUT2D eigenvalue weighted by atomic mass is 9.94. The summed E-state index contributed by atoms with van der Waals surface area (Å²) in [6, 6.07) is 18.1. The number of aliphatic carboxylic acids is 1. The second-order valence-electron chi connectivity index (χ2n) is 8.50. The van der Waals surface area contributed by atoms with Gasteiger partial charge in [-0.05, 0) is 71.8 Å². The lowest BCUT2D eigenvalue weighted by molar-refractivity contribution is -0.147. The van der Waals surface area contributed by atoms with E-state index in [9.17, 15) is 14.7 Å². The van der Waals surface area contributed by atoms with E-state index in [0.29, 0.717) is 22.7 Å². The van der Waals surface area contributed by atoms with Crippen LogP contribution < -0.4 is 14.8 Å². The van der Waals surface area contributed by atoms with Crippen molar-refractivity contribution in [2.45, 2.75) is 31.3 Å². The van der Waals surface area contributed by atoms with Crippen molar-refractivity contribution in [2.24, 2.45) is 0 Å². The van der Waals surface area contributed by atoms with Crippen molar-refractivity contribution in [1.29, 1.82) is 0 Å². The van der Waals surface area contributed by atoms with Crippen LogP contribution in [-0.2, 0) is 15.0 Å². The van der Waals surface area contributed by atoms with Gasteiger partial charge in [-0.2, -0.15) is 0 Å². The summed E-state index contributed by atoms with van der Waals surface area (Å²) in [6.45, 7) is 2.16. The standard InChI is InChI=1S/C26H23NO6.H2/c1-15-2-8-19(13-20(15)16-3-5-17(6-4-16)23(28)24(29)30)27-25(31)26(10-11-26)18-7-9-21-22(12-18)33-14-32-21;/h2-9,12-13,23,28H,10-11,14H2,1H3,(H,27,31)(H,29,30);1H. The number of rotatable bonds is 6. The molecule has 170 valence electrons. The fourth-order valence-corrected chi connectivity index (χ4v) is 4.22. The van der Waals surface area contributed by atoms with Crippen molar-refractivity contribution < 1.29 is 30.7 Å². The Morgan fingerprint density at radius 2 is 1.73 bits per heavy atom. The Balaban J connectivity index is 0.00000274. The number of anilines is 1. The van der Waals surface area contributed by atoms with Crippen LogP contribution in [0.15, 0.2) is 60.7 Å². The summed E-state index contributed by atoms with van der Waals surface area (Å²) in [6.07, 6.45) is -0.0218. The molecule has 2 aliphatic rings. The Morgan fingerprint density at radius 3 is 2.42 bits per heavy atom. The van der Waals surface area contributed by atoms with Gasteiger partial charge in [0.05, 0.1) is 5.41 Å². The summed E-state index contributed by atoms with van der Waals surface area (Å²) in [5.74, 6) is 0.0110. The first-order chi connectivity index (χ1) is 15.9. The van der Waals surface area contributed by atoms with Gasteiger partial charge in [0.25, 0.3) is 0 Å². The Morgan fingerprint density at radius 1 is 1.00 bits per heavy atom. The first kappa shape index (κ1) is 21.0. The smallest absolute Gasteiger partial charge is 0.337 e. The molecule has 1 fully saturated rings. The van der Waals surface area contributed by atoms with E-state index in [1.807, 2.05) is 43.3 Å². The zero-order valence-electron chi connectivity index (χ0n) is 18.0. The number of benzene rings is 3. The normalized spacial score (nSPS) is 16.2. The number of aliphatic hydroxyl groups excluding tert-OH is 1. The molecule has 1 heterocycles. The molecular formula is C26H25NO6. The first-order valence-corrected chi connectivity index (χ1v) is 10.7. The average Bonchev–Trinajstić information content (AvgIpc) is 3.50. The molecule has 1 saturated carbocycles. The van der Waals surface area contributed by atoms with Gasteiger partial charge in [-0.25, -0.2) is 4.79 Å². The average molecular weight is 447 g/mol. The van der Waals surface area contributed by atoms with Crippen LogP contribution in [0.2, 0.25) is 0 Å². The molecule has 1 atom stereocenters. The first-order valence-electron chi connectivity index (χ1n) is 10.7. The second kappa shape index (κ2) is 7.94. The molecule has 33 heavy (non-hydrogen) atoms. The number of hydrogen-bond donors (Lipinski definition) is 3. The Labute approximate surface area is 192 Å². The van der Waals surface area contributed by atoms with Gasteiger partial charge in [-0.3, -0.25) is 4.79 Å². The number of carboxylic acid groups (broad SMARTS) is 1. The van der Waals surface area contributed by atoms with Crippen LogP contribution in [0, 0.1) is 6.92 Å². The highest BCUT2D eigenvalue weighted by molar-refractivity contribution is 6.02. The summed E-state index contributed by atoms with van der Waals surface area (Å²) < 4.78 is 10.8. The monoisotopic (exact) mass is 447 g/mol. The lowest BCUT2D eigenvalue weighted by Gasteiger charge is -2.17. The van der Waals surface area contributed by atoms with E-state index in [4.69, 9.17) is 14.6 Å². The van der Waals surface area contributed by atoms with Gasteiger partial charge >= 0.3 is 5.97 Å². The SMILES string of the molecule is Cc1ccc(NC(=O)C2(c3ccc4c(c3)OCO4)CC2)cc1-c1ccc(C(O)C(=O)O)cc1.[HH]. The van der Waals surface area contributed by atoms with Crippen LogP contribution in [0.3, 0.4) is 0 Å². The zero-order valence-corrected chi connectivity index (χ0v) is 18.0. The number of carboxylic acids is 1. The summed E-state index contributed by atoms with van der Waals surface area (Å²) in [4.78, 5) is 24.2. The number of ether oxygens (including phenoxy) is 2. The fourth-order valence-electron chi connectivity index (χ4n) is 4.22. The van der Waals surface area contributed by atoms with E-state index in [1.165, 1.54) is 0 Å². The molecule has 5 rings (SSSR count). The third kappa shape index (κ3) is 3.81. The highest BCUT2D eigenvalue weighted by Gasteiger charge is 2.51. The Hall–Kier alpha value is -3.84. The third-order valence-corrected chi connectivity index (χ3v) is 6.38. The van der Waals surface area contributed by atoms with Crippen molar-refractivity contribution in [1.82, 2.24) is 0 Å². The quantitative estimate of drug-likeness (QED) is 0.517. The minimum Gasteiger partial charge on any atom is -0.479 e. The molecule has 7 heteroatoms.